The first-order valence-corrected chi connectivity index (χ1v) is 6.64. The van der Waals surface area contributed by atoms with Crippen LogP contribution < -0.4 is 0 Å². The average Bonchev–Trinajstić information content (AvgIpc) is 2.69. The molecule has 0 bridgehead atoms. The third-order valence-electron chi connectivity index (χ3n) is 3.02. The van der Waals surface area contributed by atoms with Gasteiger partial charge in [-0.1, -0.05) is 31.7 Å². The van der Waals surface area contributed by atoms with E-state index in [1.165, 1.54) is 11.8 Å². The van der Waals surface area contributed by atoms with E-state index in [0.29, 0.717) is 5.75 Å². The quantitative estimate of drug-likeness (QED) is 0.847. The SMILES string of the molecule is CC(C)C(C)(O)CSc1nnc2ccccn12. The molecule has 1 atom stereocenters. The summed E-state index contributed by atoms with van der Waals surface area (Å²) in [7, 11) is 0. The number of thioether (sulfide) groups is 1. The number of pyridine rings is 1. The molecule has 0 aliphatic carbocycles. The molecule has 0 aliphatic rings. The molecule has 2 aromatic rings. The lowest BCUT2D eigenvalue weighted by Crippen LogP contribution is -2.33. The molecule has 0 saturated heterocycles. The summed E-state index contributed by atoms with van der Waals surface area (Å²) >= 11 is 1.53. The standard InChI is InChI=1S/C12H17N3OS/c1-9(2)12(3,16)8-17-11-14-13-10-6-4-5-7-15(10)11/h4-7,9,16H,8H2,1-3H3. The molecule has 0 fully saturated rings. The predicted molar refractivity (Wildman–Crippen MR) is 69.2 cm³/mol. The smallest absolute Gasteiger partial charge is 0.195 e. The first-order chi connectivity index (χ1) is 8.00. The van der Waals surface area contributed by atoms with Crippen LogP contribution in [0.2, 0.25) is 0 Å². The van der Waals surface area contributed by atoms with E-state index in [1.807, 2.05) is 49.6 Å². The molecule has 2 heterocycles. The number of aromatic nitrogens is 3. The number of hydrogen-bond donors (Lipinski definition) is 1. The Kier molecular flexibility index (Phi) is 3.40. The predicted octanol–water partition coefficient (Wildman–Crippen LogP) is 2.23. The van der Waals surface area contributed by atoms with Gasteiger partial charge in [0.1, 0.15) is 0 Å². The normalized spacial score (nSPS) is 15.4. The Morgan fingerprint density at radius 3 is 2.88 bits per heavy atom. The topological polar surface area (TPSA) is 50.4 Å². The Morgan fingerprint density at radius 1 is 1.41 bits per heavy atom. The highest BCUT2D eigenvalue weighted by Crippen LogP contribution is 2.26. The second-order valence-corrected chi connectivity index (χ2v) is 5.65. The first kappa shape index (κ1) is 12.4. The molecule has 5 heteroatoms. The van der Waals surface area contributed by atoms with E-state index in [9.17, 15) is 5.11 Å². The molecule has 0 aliphatic heterocycles. The van der Waals surface area contributed by atoms with Crippen LogP contribution in [0, 0.1) is 5.92 Å². The maximum absolute atomic E-state index is 10.2. The van der Waals surface area contributed by atoms with Crippen molar-refractivity contribution in [2.24, 2.45) is 5.92 Å². The average molecular weight is 251 g/mol. The van der Waals surface area contributed by atoms with Gasteiger partial charge in [0.2, 0.25) is 0 Å². The van der Waals surface area contributed by atoms with E-state index >= 15 is 0 Å². The molecule has 1 N–H and O–H groups in total. The molecular formula is C12H17N3OS. The number of hydrogen-bond acceptors (Lipinski definition) is 4. The van der Waals surface area contributed by atoms with Crippen molar-refractivity contribution in [3.63, 3.8) is 0 Å². The fourth-order valence-corrected chi connectivity index (χ4v) is 2.44. The van der Waals surface area contributed by atoms with Crippen LogP contribution in [0.5, 0.6) is 0 Å². The molecule has 0 spiro atoms. The Labute approximate surface area is 105 Å². The van der Waals surface area contributed by atoms with E-state index in [1.54, 1.807) is 0 Å². The molecule has 17 heavy (non-hydrogen) atoms. The third kappa shape index (κ3) is 2.61. The Morgan fingerprint density at radius 2 is 2.18 bits per heavy atom. The summed E-state index contributed by atoms with van der Waals surface area (Å²) in [6.07, 6.45) is 1.93. The Bertz CT molecular complexity index is 507. The third-order valence-corrected chi connectivity index (χ3v) is 4.29. The van der Waals surface area contributed by atoms with Gasteiger partial charge in [-0.25, -0.2) is 0 Å². The Hall–Kier alpha value is -1.07. The minimum Gasteiger partial charge on any atom is -0.389 e. The fraction of sp³-hybridized carbons (Fsp3) is 0.500. The summed E-state index contributed by atoms with van der Waals surface area (Å²) in [5, 5.41) is 19.2. The van der Waals surface area contributed by atoms with Gasteiger partial charge >= 0.3 is 0 Å². The highest BCUT2D eigenvalue weighted by atomic mass is 32.2. The van der Waals surface area contributed by atoms with Crippen LogP contribution >= 0.6 is 11.8 Å². The lowest BCUT2D eigenvalue weighted by molar-refractivity contribution is 0.0376. The summed E-state index contributed by atoms with van der Waals surface area (Å²) in [6, 6.07) is 5.79. The van der Waals surface area contributed by atoms with E-state index < -0.39 is 5.60 Å². The van der Waals surface area contributed by atoms with Gasteiger partial charge in [0, 0.05) is 11.9 Å². The monoisotopic (exact) mass is 251 g/mol. The van der Waals surface area contributed by atoms with Crippen LogP contribution in [-0.4, -0.2) is 31.1 Å². The summed E-state index contributed by atoms with van der Waals surface area (Å²) in [6.45, 7) is 5.89. The van der Waals surface area contributed by atoms with Crippen molar-refractivity contribution < 1.29 is 5.11 Å². The van der Waals surface area contributed by atoms with Gasteiger partial charge in [0.15, 0.2) is 10.8 Å². The Balaban J connectivity index is 2.14. The van der Waals surface area contributed by atoms with E-state index in [2.05, 4.69) is 10.2 Å². The van der Waals surface area contributed by atoms with Crippen LogP contribution in [0.25, 0.3) is 5.65 Å². The van der Waals surface area contributed by atoms with E-state index in [4.69, 9.17) is 0 Å². The maximum atomic E-state index is 10.2. The van der Waals surface area contributed by atoms with Crippen LogP contribution in [0.4, 0.5) is 0 Å². The summed E-state index contributed by atoms with van der Waals surface area (Å²) in [4.78, 5) is 0. The van der Waals surface area contributed by atoms with Crippen LogP contribution in [0.1, 0.15) is 20.8 Å². The molecule has 0 aromatic carbocycles. The second-order valence-electron chi connectivity index (χ2n) is 4.71. The minimum absolute atomic E-state index is 0.217. The van der Waals surface area contributed by atoms with Crippen molar-refractivity contribution >= 4 is 17.4 Å². The highest BCUT2D eigenvalue weighted by molar-refractivity contribution is 7.99. The van der Waals surface area contributed by atoms with Gasteiger partial charge < -0.3 is 5.11 Å². The summed E-state index contributed by atoms with van der Waals surface area (Å²) in [5.74, 6) is 0.828. The number of nitrogens with zero attached hydrogens (tertiary/aromatic N) is 3. The van der Waals surface area contributed by atoms with Gasteiger partial charge in [-0.3, -0.25) is 4.40 Å². The molecule has 92 valence electrons. The molecule has 1 unspecified atom stereocenters. The van der Waals surface area contributed by atoms with Crippen molar-refractivity contribution in [1.29, 1.82) is 0 Å². The van der Waals surface area contributed by atoms with Gasteiger partial charge in [0.05, 0.1) is 5.60 Å². The summed E-state index contributed by atoms with van der Waals surface area (Å²) in [5.41, 5.74) is 0.143. The largest absolute Gasteiger partial charge is 0.389 e. The lowest BCUT2D eigenvalue weighted by Gasteiger charge is -2.26. The minimum atomic E-state index is -0.689. The fourth-order valence-electron chi connectivity index (χ4n) is 1.30. The van der Waals surface area contributed by atoms with Gasteiger partial charge in [0.25, 0.3) is 0 Å². The molecular weight excluding hydrogens is 234 g/mol. The van der Waals surface area contributed by atoms with Crippen molar-refractivity contribution in [3.05, 3.63) is 24.4 Å². The first-order valence-electron chi connectivity index (χ1n) is 5.65. The maximum Gasteiger partial charge on any atom is 0.195 e. The molecule has 2 rings (SSSR count). The zero-order valence-corrected chi connectivity index (χ0v) is 11.1. The van der Waals surface area contributed by atoms with E-state index in [-0.39, 0.29) is 5.92 Å². The van der Waals surface area contributed by atoms with Crippen LogP contribution in [0.3, 0.4) is 0 Å². The molecule has 0 radical (unpaired) electrons. The highest BCUT2D eigenvalue weighted by Gasteiger charge is 2.25. The molecule has 0 saturated carbocycles. The number of rotatable bonds is 4. The van der Waals surface area contributed by atoms with Crippen LogP contribution in [-0.2, 0) is 0 Å². The van der Waals surface area contributed by atoms with Gasteiger partial charge in [-0.15, -0.1) is 10.2 Å². The molecule has 4 nitrogen and oxygen atoms in total. The number of aliphatic hydroxyl groups is 1. The zero-order valence-electron chi connectivity index (χ0n) is 10.3. The lowest BCUT2D eigenvalue weighted by atomic mass is 9.95. The van der Waals surface area contributed by atoms with Crippen molar-refractivity contribution in [3.8, 4) is 0 Å². The van der Waals surface area contributed by atoms with Gasteiger partial charge in [-0.05, 0) is 25.0 Å². The van der Waals surface area contributed by atoms with Crippen molar-refractivity contribution in [2.45, 2.75) is 31.5 Å². The van der Waals surface area contributed by atoms with Crippen molar-refractivity contribution in [1.82, 2.24) is 14.6 Å². The number of fused-ring (bicyclic) bond motifs is 1. The van der Waals surface area contributed by atoms with E-state index in [0.717, 1.165) is 10.8 Å². The van der Waals surface area contributed by atoms with Gasteiger partial charge in [-0.2, -0.15) is 0 Å². The zero-order chi connectivity index (χ0) is 12.5. The summed E-state index contributed by atoms with van der Waals surface area (Å²) < 4.78 is 1.93. The second kappa shape index (κ2) is 4.66. The molecule has 2 aromatic heterocycles. The molecule has 0 amide bonds. The van der Waals surface area contributed by atoms with Crippen LogP contribution in [0.15, 0.2) is 29.6 Å². The van der Waals surface area contributed by atoms with Crippen molar-refractivity contribution in [2.75, 3.05) is 5.75 Å².